The van der Waals surface area contributed by atoms with Gasteiger partial charge in [0.05, 0.1) is 10.6 Å². The SMILES string of the molecule is NC(=O)CC[C@@H](NC(=O)c1cc(F)c(F)cc1Cl)C(=O)O. The van der Waals surface area contributed by atoms with Gasteiger partial charge in [0.2, 0.25) is 5.91 Å². The molecule has 1 atom stereocenters. The first-order valence-corrected chi connectivity index (χ1v) is 6.06. The smallest absolute Gasteiger partial charge is 0.326 e. The number of hydrogen-bond donors (Lipinski definition) is 3. The number of carboxylic acids is 1. The Kier molecular flexibility index (Phi) is 5.60. The van der Waals surface area contributed by atoms with Crippen LogP contribution in [0.1, 0.15) is 23.2 Å². The molecule has 0 aliphatic rings. The number of aliphatic carboxylic acids is 1. The summed E-state index contributed by atoms with van der Waals surface area (Å²) in [5, 5.41) is 10.6. The predicted molar refractivity (Wildman–Crippen MR) is 68.7 cm³/mol. The van der Waals surface area contributed by atoms with Crippen LogP contribution >= 0.6 is 11.6 Å². The van der Waals surface area contributed by atoms with Gasteiger partial charge in [0.15, 0.2) is 11.6 Å². The number of nitrogens with two attached hydrogens (primary N) is 1. The molecule has 0 aliphatic heterocycles. The number of carboxylic acid groups (broad SMARTS) is 1. The van der Waals surface area contributed by atoms with E-state index in [1.165, 1.54) is 0 Å². The third-order valence-electron chi connectivity index (χ3n) is 2.54. The molecular formula is C12H11ClF2N2O4. The highest BCUT2D eigenvalue weighted by atomic mass is 35.5. The molecule has 0 unspecified atom stereocenters. The molecule has 1 aromatic carbocycles. The van der Waals surface area contributed by atoms with Crippen LogP contribution in [0.25, 0.3) is 0 Å². The predicted octanol–water partition coefficient (Wildman–Crippen LogP) is 1.07. The monoisotopic (exact) mass is 320 g/mol. The van der Waals surface area contributed by atoms with E-state index in [2.05, 4.69) is 5.32 Å². The molecule has 6 nitrogen and oxygen atoms in total. The third kappa shape index (κ3) is 4.67. The zero-order chi connectivity index (χ0) is 16.2. The summed E-state index contributed by atoms with van der Waals surface area (Å²) in [5.74, 6) is -5.67. The van der Waals surface area contributed by atoms with Crippen molar-refractivity contribution in [2.45, 2.75) is 18.9 Å². The van der Waals surface area contributed by atoms with E-state index in [1.54, 1.807) is 0 Å². The van der Waals surface area contributed by atoms with Crippen LogP contribution in [0.5, 0.6) is 0 Å². The molecular weight excluding hydrogens is 310 g/mol. The fourth-order valence-electron chi connectivity index (χ4n) is 1.48. The molecule has 21 heavy (non-hydrogen) atoms. The van der Waals surface area contributed by atoms with Crippen LogP contribution in [0.15, 0.2) is 12.1 Å². The number of halogens is 3. The summed E-state index contributed by atoms with van der Waals surface area (Å²) in [6.07, 6.45) is -0.500. The summed E-state index contributed by atoms with van der Waals surface area (Å²) >= 11 is 5.60. The van der Waals surface area contributed by atoms with Crippen molar-refractivity contribution in [3.63, 3.8) is 0 Å². The summed E-state index contributed by atoms with van der Waals surface area (Å²) in [4.78, 5) is 33.4. The number of benzene rings is 1. The summed E-state index contributed by atoms with van der Waals surface area (Å²) < 4.78 is 26.0. The molecule has 0 bridgehead atoms. The normalized spacial score (nSPS) is 11.8. The molecule has 0 heterocycles. The van der Waals surface area contributed by atoms with Crippen molar-refractivity contribution < 1.29 is 28.3 Å². The first kappa shape index (κ1) is 16.8. The number of primary amides is 1. The number of nitrogens with one attached hydrogen (secondary N) is 1. The molecule has 0 aromatic heterocycles. The van der Waals surface area contributed by atoms with E-state index in [1.807, 2.05) is 0 Å². The number of hydrogen-bond acceptors (Lipinski definition) is 3. The maximum Gasteiger partial charge on any atom is 0.326 e. The fraction of sp³-hybridized carbons (Fsp3) is 0.250. The minimum absolute atomic E-state index is 0.238. The second-order valence-electron chi connectivity index (χ2n) is 4.12. The highest BCUT2D eigenvalue weighted by Gasteiger charge is 2.23. The Morgan fingerprint density at radius 2 is 1.86 bits per heavy atom. The summed E-state index contributed by atoms with van der Waals surface area (Å²) in [7, 11) is 0. The molecule has 0 aliphatic carbocycles. The molecule has 0 saturated heterocycles. The Morgan fingerprint density at radius 1 is 1.29 bits per heavy atom. The van der Waals surface area contributed by atoms with Crippen LogP contribution in [0.2, 0.25) is 5.02 Å². The van der Waals surface area contributed by atoms with Gasteiger partial charge in [-0.1, -0.05) is 11.6 Å². The molecule has 0 radical (unpaired) electrons. The Labute approximate surface area is 122 Å². The lowest BCUT2D eigenvalue weighted by Gasteiger charge is -2.14. The van der Waals surface area contributed by atoms with Crippen LogP contribution in [-0.2, 0) is 9.59 Å². The summed E-state index contributed by atoms with van der Waals surface area (Å²) in [6.45, 7) is 0. The van der Waals surface area contributed by atoms with Crippen molar-refractivity contribution >= 4 is 29.4 Å². The third-order valence-corrected chi connectivity index (χ3v) is 2.85. The Balaban J connectivity index is 2.89. The lowest BCUT2D eigenvalue weighted by molar-refractivity contribution is -0.139. The van der Waals surface area contributed by atoms with Crippen molar-refractivity contribution in [2.24, 2.45) is 5.73 Å². The highest BCUT2D eigenvalue weighted by molar-refractivity contribution is 6.33. The van der Waals surface area contributed by atoms with Crippen molar-refractivity contribution in [1.82, 2.24) is 5.32 Å². The van der Waals surface area contributed by atoms with E-state index in [4.69, 9.17) is 22.4 Å². The van der Waals surface area contributed by atoms with Gasteiger partial charge in [0, 0.05) is 6.42 Å². The van der Waals surface area contributed by atoms with Crippen LogP contribution < -0.4 is 11.1 Å². The molecule has 114 valence electrons. The van der Waals surface area contributed by atoms with Gasteiger partial charge in [0.1, 0.15) is 6.04 Å². The average molecular weight is 321 g/mol. The number of rotatable bonds is 6. The van der Waals surface area contributed by atoms with Gasteiger partial charge in [-0.15, -0.1) is 0 Å². The Bertz CT molecular complexity index is 595. The van der Waals surface area contributed by atoms with E-state index in [9.17, 15) is 23.2 Å². The molecule has 0 saturated carbocycles. The van der Waals surface area contributed by atoms with Crippen LogP contribution in [0.3, 0.4) is 0 Å². The Hall–Kier alpha value is -2.22. The minimum Gasteiger partial charge on any atom is -0.480 e. The number of carbonyl (C=O) groups is 3. The lowest BCUT2D eigenvalue weighted by atomic mass is 10.1. The minimum atomic E-state index is -1.41. The molecule has 4 N–H and O–H groups in total. The van der Waals surface area contributed by atoms with Gasteiger partial charge >= 0.3 is 5.97 Å². The fourth-order valence-corrected chi connectivity index (χ4v) is 1.71. The second kappa shape index (κ2) is 6.98. The van der Waals surface area contributed by atoms with Gasteiger partial charge in [-0.05, 0) is 18.6 Å². The van der Waals surface area contributed by atoms with Crippen LogP contribution in [-0.4, -0.2) is 28.9 Å². The number of amides is 2. The number of carbonyl (C=O) groups excluding carboxylic acids is 2. The lowest BCUT2D eigenvalue weighted by Crippen LogP contribution is -2.41. The van der Waals surface area contributed by atoms with Crippen molar-refractivity contribution in [1.29, 1.82) is 0 Å². The van der Waals surface area contributed by atoms with Crippen molar-refractivity contribution in [3.05, 3.63) is 34.4 Å². The first-order valence-electron chi connectivity index (χ1n) is 5.69. The molecule has 1 aromatic rings. The largest absolute Gasteiger partial charge is 0.480 e. The quantitative estimate of drug-likeness (QED) is 0.681. The van der Waals surface area contributed by atoms with Gasteiger partial charge in [0.25, 0.3) is 5.91 Å². The van der Waals surface area contributed by atoms with Gasteiger partial charge in [-0.3, -0.25) is 9.59 Å². The summed E-state index contributed by atoms with van der Waals surface area (Å²) in [5.41, 5.74) is 4.47. The molecule has 1 rings (SSSR count). The van der Waals surface area contributed by atoms with Crippen molar-refractivity contribution in [3.8, 4) is 0 Å². The first-order chi connectivity index (χ1) is 9.72. The maximum atomic E-state index is 13.1. The highest BCUT2D eigenvalue weighted by Crippen LogP contribution is 2.20. The maximum absolute atomic E-state index is 13.1. The molecule has 9 heteroatoms. The second-order valence-corrected chi connectivity index (χ2v) is 4.52. The van der Waals surface area contributed by atoms with E-state index >= 15 is 0 Å². The van der Waals surface area contributed by atoms with Gasteiger partial charge < -0.3 is 16.2 Å². The van der Waals surface area contributed by atoms with E-state index in [0.717, 1.165) is 0 Å². The molecule has 0 spiro atoms. The topological polar surface area (TPSA) is 109 Å². The van der Waals surface area contributed by atoms with Crippen molar-refractivity contribution in [2.75, 3.05) is 0 Å². The zero-order valence-corrected chi connectivity index (χ0v) is 11.3. The van der Waals surface area contributed by atoms with E-state index in [0.29, 0.717) is 12.1 Å². The van der Waals surface area contributed by atoms with Crippen LogP contribution in [0.4, 0.5) is 8.78 Å². The Morgan fingerprint density at radius 3 is 2.38 bits per heavy atom. The van der Waals surface area contributed by atoms with Gasteiger partial charge in [-0.25, -0.2) is 13.6 Å². The van der Waals surface area contributed by atoms with E-state index < -0.39 is 41.0 Å². The van der Waals surface area contributed by atoms with Gasteiger partial charge in [-0.2, -0.15) is 0 Å². The molecule has 2 amide bonds. The molecule has 0 fully saturated rings. The van der Waals surface area contributed by atoms with Crippen LogP contribution in [0, 0.1) is 11.6 Å². The average Bonchev–Trinajstić information content (AvgIpc) is 2.37. The standard InChI is InChI=1S/C12H11ClF2N2O4/c13-6-4-8(15)7(14)3-5(6)11(19)17-9(12(20)21)1-2-10(16)18/h3-4,9H,1-2H2,(H2,16,18)(H,17,19)(H,20,21)/t9-/m1/s1. The van der Waals surface area contributed by atoms with E-state index in [-0.39, 0.29) is 17.9 Å². The zero-order valence-electron chi connectivity index (χ0n) is 10.5. The summed E-state index contributed by atoms with van der Waals surface area (Å²) in [6, 6.07) is -0.250.